The number of halogens is 7. The molecule has 0 saturated carbocycles. The van der Waals surface area contributed by atoms with Gasteiger partial charge in [0, 0.05) is 30.4 Å². The summed E-state index contributed by atoms with van der Waals surface area (Å²) in [7, 11) is 0. The van der Waals surface area contributed by atoms with Crippen molar-refractivity contribution in [2.45, 2.75) is 49.9 Å². The molecule has 1 amide bonds. The highest BCUT2D eigenvalue weighted by Crippen LogP contribution is 2.44. The third-order valence-corrected chi connectivity index (χ3v) is 7.18. The fourth-order valence-electron chi connectivity index (χ4n) is 5.28. The van der Waals surface area contributed by atoms with Gasteiger partial charge in [-0.15, -0.1) is 0 Å². The molecule has 5 rings (SSSR count). The van der Waals surface area contributed by atoms with Gasteiger partial charge in [0.05, 0.1) is 35.8 Å². The van der Waals surface area contributed by atoms with Gasteiger partial charge in [-0.3, -0.25) is 4.79 Å². The Morgan fingerprint density at radius 2 is 1.55 bits per heavy atom. The lowest BCUT2D eigenvalue weighted by atomic mass is 9.86. The molecule has 2 aromatic carbocycles. The Balaban J connectivity index is 1.52. The maximum Gasteiger partial charge on any atom is 0.416 e. The van der Waals surface area contributed by atoms with Gasteiger partial charge in [-0.05, 0) is 54.0 Å². The molecule has 0 bridgehead atoms. The molecule has 5 nitrogen and oxygen atoms in total. The van der Waals surface area contributed by atoms with E-state index in [9.17, 15) is 35.5 Å². The molecule has 3 aromatic rings. The van der Waals surface area contributed by atoms with Gasteiger partial charge in [0.1, 0.15) is 12.1 Å². The highest BCUT2D eigenvalue weighted by Gasteiger charge is 2.47. The van der Waals surface area contributed by atoms with E-state index in [2.05, 4.69) is 9.97 Å². The molecule has 4 atom stereocenters. The molecule has 0 aliphatic carbocycles. The summed E-state index contributed by atoms with van der Waals surface area (Å²) in [5.74, 6) is -1.32. The van der Waals surface area contributed by atoms with Gasteiger partial charge in [0.15, 0.2) is 0 Å². The average molecular weight is 565 g/mol. The van der Waals surface area contributed by atoms with Crippen molar-refractivity contribution < 1.29 is 40.3 Å². The van der Waals surface area contributed by atoms with Crippen molar-refractivity contribution >= 4 is 11.5 Å². The maximum atomic E-state index is 13.7. The summed E-state index contributed by atoms with van der Waals surface area (Å²) >= 11 is 0. The van der Waals surface area contributed by atoms with Crippen LogP contribution >= 0.6 is 0 Å². The molecule has 1 saturated heterocycles. The zero-order valence-corrected chi connectivity index (χ0v) is 20.9. The van der Waals surface area contributed by atoms with Crippen LogP contribution in [0.1, 0.15) is 53.2 Å². The lowest BCUT2D eigenvalue weighted by Gasteiger charge is -2.31. The topological polar surface area (TPSA) is 55.3 Å². The van der Waals surface area contributed by atoms with Crippen molar-refractivity contribution in [2.24, 2.45) is 0 Å². The summed E-state index contributed by atoms with van der Waals surface area (Å²) in [6.07, 6.45) is -5.65. The molecule has 2 aliphatic heterocycles. The molecule has 1 aromatic heterocycles. The SMILES string of the molecule is C[C@@H](OC1CN2C(=O)CC(c3cncnc3)=CC2[C@@H]1c1ccc(F)cc1)c1cc(C(F)(F)F)cc(C(F)(F)F)c1. The van der Waals surface area contributed by atoms with Gasteiger partial charge in [-0.1, -0.05) is 18.2 Å². The minimum atomic E-state index is -5.00. The van der Waals surface area contributed by atoms with E-state index in [0.29, 0.717) is 28.8 Å². The minimum absolute atomic E-state index is 0.0377. The van der Waals surface area contributed by atoms with Crippen molar-refractivity contribution in [3.05, 3.63) is 101 Å². The molecule has 2 aliphatic rings. The van der Waals surface area contributed by atoms with E-state index in [1.54, 1.807) is 17.3 Å². The molecular formula is C28H22F7N3O2. The normalized spacial score (nSPS) is 22.2. The number of carbonyl (C=O) groups excluding carboxylic acids is 1. The lowest BCUT2D eigenvalue weighted by Crippen LogP contribution is -2.39. The second-order valence-corrected chi connectivity index (χ2v) is 9.77. The molecule has 210 valence electrons. The number of nitrogens with zero attached hydrogens (tertiary/aromatic N) is 3. The summed E-state index contributed by atoms with van der Waals surface area (Å²) in [6, 6.07) is 6.28. The van der Waals surface area contributed by atoms with Crippen LogP contribution in [0.25, 0.3) is 5.57 Å². The van der Waals surface area contributed by atoms with Gasteiger partial charge in [0.25, 0.3) is 0 Å². The van der Waals surface area contributed by atoms with Gasteiger partial charge in [0.2, 0.25) is 5.91 Å². The Kier molecular flexibility index (Phi) is 7.15. The highest BCUT2D eigenvalue weighted by molar-refractivity contribution is 5.92. The number of carbonyl (C=O) groups is 1. The van der Waals surface area contributed by atoms with Crippen LogP contribution < -0.4 is 0 Å². The fraction of sp³-hybridized carbons (Fsp3) is 0.321. The van der Waals surface area contributed by atoms with Crippen LogP contribution in [-0.4, -0.2) is 39.5 Å². The zero-order valence-electron chi connectivity index (χ0n) is 20.9. The first-order chi connectivity index (χ1) is 18.8. The van der Waals surface area contributed by atoms with Crippen LogP contribution in [-0.2, 0) is 21.9 Å². The first-order valence-electron chi connectivity index (χ1n) is 12.3. The second-order valence-electron chi connectivity index (χ2n) is 9.77. The van der Waals surface area contributed by atoms with E-state index < -0.39 is 53.5 Å². The summed E-state index contributed by atoms with van der Waals surface area (Å²) in [4.78, 5) is 22.7. The quantitative estimate of drug-likeness (QED) is 0.328. The summed E-state index contributed by atoms with van der Waals surface area (Å²) in [5, 5.41) is 0. The molecule has 40 heavy (non-hydrogen) atoms. The summed E-state index contributed by atoms with van der Waals surface area (Å²) in [5.41, 5.74) is -1.30. The van der Waals surface area contributed by atoms with Crippen molar-refractivity contribution in [1.29, 1.82) is 0 Å². The number of benzene rings is 2. The van der Waals surface area contributed by atoms with E-state index in [0.717, 1.165) is 0 Å². The fourth-order valence-corrected chi connectivity index (χ4v) is 5.28. The maximum absolute atomic E-state index is 13.7. The Labute approximate surface area is 224 Å². The zero-order chi connectivity index (χ0) is 28.8. The van der Waals surface area contributed by atoms with Crippen molar-refractivity contribution in [1.82, 2.24) is 14.9 Å². The Morgan fingerprint density at radius 1 is 0.950 bits per heavy atom. The number of fused-ring (bicyclic) bond motifs is 1. The van der Waals surface area contributed by atoms with Crippen LogP contribution in [0.3, 0.4) is 0 Å². The van der Waals surface area contributed by atoms with E-state index in [4.69, 9.17) is 4.74 Å². The van der Waals surface area contributed by atoms with Crippen molar-refractivity contribution in [3.8, 4) is 0 Å². The number of rotatable bonds is 5. The number of alkyl halides is 6. The first kappa shape index (κ1) is 27.8. The van der Waals surface area contributed by atoms with Gasteiger partial charge < -0.3 is 9.64 Å². The monoisotopic (exact) mass is 565 g/mol. The van der Waals surface area contributed by atoms with Crippen molar-refractivity contribution in [2.75, 3.05) is 6.54 Å². The number of aromatic nitrogens is 2. The third-order valence-electron chi connectivity index (χ3n) is 7.18. The van der Waals surface area contributed by atoms with E-state index in [1.165, 1.54) is 37.5 Å². The summed E-state index contributed by atoms with van der Waals surface area (Å²) < 4.78 is 101. The Bertz CT molecular complexity index is 1390. The molecule has 0 N–H and O–H groups in total. The van der Waals surface area contributed by atoms with E-state index >= 15 is 0 Å². The largest absolute Gasteiger partial charge is 0.416 e. The first-order valence-corrected chi connectivity index (χ1v) is 12.3. The number of hydrogen-bond acceptors (Lipinski definition) is 4. The highest BCUT2D eigenvalue weighted by atomic mass is 19.4. The number of amides is 1. The Morgan fingerprint density at radius 3 is 2.12 bits per heavy atom. The van der Waals surface area contributed by atoms with Crippen LogP contribution in [0.5, 0.6) is 0 Å². The minimum Gasteiger partial charge on any atom is -0.368 e. The molecule has 1 fully saturated rings. The van der Waals surface area contributed by atoms with Crippen LogP contribution in [0.4, 0.5) is 30.7 Å². The molecule has 0 spiro atoms. The molecule has 2 unspecified atom stereocenters. The number of ether oxygens (including phenoxy) is 1. The van der Waals surface area contributed by atoms with Crippen molar-refractivity contribution in [3.63, 3.8) is 0 Å². The lowest BCUT2D eigenvalue weighted by molar-refractivity contribution is -0.143. The third kappa shape index (κ3) is 5.58. The average Bonchev–Trinajstić information content (AvgIpc) is 3.26. The molecule has 12 heteroatoms. The van der Waals surface area contributed by atoms with Crippen LogP contribution in [0, 0.1) is 5.82 Å². The van der Waals surface area contributed by atoms with Gasteiger partial charge in [-0.25, -0.2) is 14.4 Å². The predicted molar refractivity (Wildman–Crippen MR) is 129 cm³/mol. The molecular weight excluding hydrogens is 543 g/mol. The smallest absolute Gasteiger partial charge is 0.368 e. The standard InChI is InChI=1S/C28H22F7N3O2/c1-15(17-6-20(27(30,31)32)10-21(7-17)28(33,34)35)40-24-13-38-23(26(24)16-2-4-22(29)5-3-16)8-18(9-25(38)39)19-11-36-14-37-12-19/h2-8,10-12,14-15,23-24,26H,9,13H2,1H3/t15-,23?,24?,26+/m1/s1. The molecule has 0 radical (unpaired) electrons. The Hall–Kier alpha value is -3.80. The van der Waals surface area contributed by atoms with Crippen LogP contribution in [0.2, 0.25) is 0 Å². The van der Waals surface area contributed by atoms with Gasteiger partial charge in [-0.2, -0.15) is 26.3 Å². The molecule has 3 heterocycles. The van der Waals surface area contributed by atoms with E-state index in [-0.39, 0.29) is 30.5 Å². The summed E-state index contributed by atoms with van der Waals surface area (Å²) in [6.45, 7) is 1.40. The van der Waals surface area contributed by atoms with Crippen LogP contribution in [0.15, 0.2) is 67.3 Å². The van der Waals surface area contributed by atoms with Gasteiger partial charge >= 0.3 is 12.4 Å². The number of hydrogen-bond donors (Lipinski definition) is 0. The predicted octanol–water partition coefficient (Wildman–Crippen LogP) is 6.58. The van der Waals surface area contributed by atoms with E-state index in [1.807, 2.05) is 6.08 Å². The second kappa shape index (κ2) is 10.3.